The molecule has 0 spiro atoms. The van der Waals surface area contributed by atoms with Gasteiger partial charge in [0.1, 0.15) is 0 Å². The van der Waals surface area contributed by atoms with Gasteiger partial charge in [0.15, 0.2) is 0 Å². The lowest BCUT2D eigenvalue weighted by atomic mass is 10.3. The highest BCUT2D eigenvalue weighted by atomic mass is 32.2. The normalized spacial score (nSPS) is 11.9. The molecular formula is C21H28N2O12S2. The van der Waals surface area contributed by atoms with E-state index in [-0.39, 0.29) is 35.3 Å². The largest absolute Gasteiger partial charge is 0.381 e. The Morgan fingerprint density at radius 1 is 0.703 bits per heavy atom. The van der Waals surface area contributed by atoms with Crippen molar-refractivity contribution < 1.29 is 49.8 Å². The average molecular weight is 565 g/mol. The topological polar surface area (TPSA) is 190 Å². The van der Waals surface area contributed by atoms with E-state index in [2.05, 4.69) is 10.5 Å². The van der Waals surface area contributed by atoms with Crippen molar-refractivity contribution in [3.8, 4) is 0 Å². The highest BCUT2D eigenvalue weighted by Crippen LogP contribution is 2.18. The number of nitro benzene ring substituents is 1. The van der Waals surface area contributed by atoms with Gasteiger partial charge in [-0.05, 0) is 55.7 Å². The average Bonchev–Trinajstić information content (AvgIpc) is 2.87. The summed E-state index contributed by atoms with van der Waals surface area (Å²) in [5.74, 6) is 0. The fourth-order valence-electron chi connectivity index (χ4n) is 2.74. The number of non-ortho nitro benzene ring substituents is 1. The predicted molar refractivity (Wildman–Crippen MR) is 129 cm³/mol. The number of hydrogen-bond acceptors (Lipinski definition) is 13. The third kappa shape index (κ3) is 11.1. The Morgan fingerprint density at radius 3 is 1.51 bits per heavy atom. The molecule has 0 saturated carbocycles. The van der Waals surface area contributed by atoms with Gasteiger partial charge in [-0.25, -0.2) is 10.7 Å². The summed E-state index contributed by atoms with van der Waals surface area (Å²) in [5, 5.41) is 18.9. The number of anilines is 1. The first-order valence-electron chi connectivity index (χ1n) is 11.0. The summed E-state index contributed by atoms with van der Waals surface area (Å²) >= 11 is 0. The first-order valence-corrected chi connectivity index (χ1v) is 13.8. The summed E-state index contributed by atoms with van der Waals surface area (Å²) in [4.78, 5) is 13.5. The molecule has 0 fully saturated rings. The minimum Gasteiger partial charge on any atom is -0.381 e. The van der Waals surface area contributed by atoms with Crippen LogP contribution in [0.15, 0.2) is 58.3 Å². The Balaban J connectivity index is 1.47. The van der Waals surface area contributed by atoms with Crippen molar-refractivity contribution in [2.24, 2.45) is 0 Å². The summed E-state index contributed by atoms with van der Waals surface area (Å²) in [5.41, 5.74) is 2.29. The minimum atomic E-state index is -4.01. The fraction of sp³-hybridized carbons (Fsp3) is 0.429. The van der Waals surface area contributed by atoms with E-state index in [0.717, 1.165) is 24.3 Å². The number of rotatable bonds is 19. The van der Waals surface area contributed by atoms with E-state index in [1.807, 2.05) is 0 Å². The summed E-state index contributed by atoms with van der Waals surface area (Å²) in [7, 11) is -7.92. The first-order chi connectivity index (χ1) is 17.7. The standard InChI is InChI=1S/C21H28N2O12S2/c24-23(25)19-6-10-21(11-7-19)37(29,30)34-17-3-15-32-13-1-12-31-14-2-16-33-36(27,28)20-8-4-18(5-9-20)22-35-26/h4-11,22,26H,1-3,12-17H2. The molecule has 0 unspecified atom stereocenters. The first kappa shape index (κ1) is 30.5. The van der Waals surface area contributed by atoms with Crippen LogP contribution in [0.4, 0.5) is 11.4 Å². The molecule has 206 valence electrons. The Kier molecular flexibility index (Phi) is 12.8. The molecule has 37 heavy (non-hydrogen) atoms. The van der Waals surface area contributed by atoms with E-state index in [1.54, 1.807) is 0 Å². The maximum absolute atomic E-state index is 12.1. The lowest BCUT2D eigenvalue weighted by molar-refractivity contribution is -0.384. The van der Waals surface area contributed by atoms with Gasteiger partial charge in [-0.1, -0.05) is 0 Å². The van der Waals surface area contributed by atoms with Crippen LogP contribution in [0.2, 0.25) is 0 Å². The van der Waals surface area contributed by atoms with Gasteiger partial charge in [0, 0.05) is 38.6 Å². The molecule has 14 nitrogen and oxygen atoms in total. The van der Waals surface area contributed by atoms with Gasteiger partial charge in [-0.3, -0.25) is 18.5 Å². The molecule has 0 aliphatic carbocycles. The number of nitrogens with zero attached hydrogens (tertiary/aromatic N) is 1. The number of benzene rings is 2. The predicted octanol–water partition coefficient (Wildman–Crippen LogP) is 2.73. The molecule has 0 aliphatic heterocycles. The van der Waals surface area contributed by atoms with Gasteiger partial charge >= 0.3 is 0 Å². The van der Waals surface area contributed by atoms with Crippen LogP contribution in [0, 0.1) is 10.1 Å². The summed E-state index contributed by atoms with van der Waals surface area (Å²) in [6, 6.07) is 9.80. The van der Waals surface area contributed by atoms with Crippen LogP contribution in [-0.2, 0) is 43.1 Å². The molecule has 2 aromatic rings. The molecule has 16 heteroatoms. The maximum atomic E-state index is 12.1. The van der Waals surface area contributed by atoms with Crippen LogP contribution in [-0.4, -0.2) is 66.7 Å². The van der Waals surface area contributed by atoms with Gasteiger partial charge in [-0.2, -0.15) is 16.8 Å². The summed E-state index contributed by atoms with van der Waals surface area (Å²) in [6.07, 6.45) is 1.27. The zero-order chi connectivity index (χ0) is 27.2. The number of nitro groups is 1. The van der Waals surface area contributed by atoms with Crippen molar-refractivity contribution >= 4 is 31.6 Å². The molecule has 0 saturated heterocycles. The quantitative estimate of drug-likeness (QED) is 0.0833. The maximum Gasteiger partial charge on any atom is 0.296 e. The van der Waals surface area contributed by atoms with Crippen molar-refractivity contribution in [1.82, 2.24) is 0 Å². The lowest BCUT2D eigenvalue weighted by Gasteiger charge is -2.08. The van der Waals surface area contributed by atoms with E-state index in [9.17, 15) is 26.9 Å². The molecule has 2 N–H and O–H groups in total. The van der Waals surface area contributed by atoms with E-state index < -0.39 is 25.2 Å². The smallest absolute Gasteiger partial charge is 0.296 e. The second-order valence-corrected chi connectivity index (χ2v) is 10.5. The Hall–Kier alpha value is -2.70. The second kappa shape index (κ2) is 15.5. The number of ether oxygens (including phenoxy) is 2. The Morgan fingerprint density at radius 2 is 1.11 bits per heavy atom. The molecule has 0 radical (unpaired) electrons. The van der Waals surface area contributed by atoms with E-state index >= 15 is 0 Å². The van der Waals surface area contributed by atoms with Gasteiger partial charge in [-0.15, -0.1) is 4.99 Å². The molecule has 0 bridgehead atoms. The second-order valence-electron chi connectivity index (χ2n) is 7.31. The van der Waals surface area contributed by atoms with Crippen LogP contribution in [0.25, 0.3) is 0 Å². The van der Waals surface area contributed by atoms with E-state index in [0.29, 0.717) is 44.8 Å². The van der Waals surface area contributed by atoms with Crippen molar-refractivity contribution in [2.75, 3.05) is 45.1 Å². The fourth-order valence-corrected chi connectivity index (χ4v) is 4.62. The molecule has 2 rings (SSSR count). The third-order valence-electron chi connectivity index (χ3n) is 4.56. The SMILES string of the molecule is O=[N+]([O-])c1ccc(S(=O)(=O)OCCCOCCCOCCCOS(=O)(=O)c2ccc(NOO)cc2)cc1. The van der Waals surface area contributed by atoms with Crippen LogP contribution >= 0.6 is 0 Å². The van der Waals surface area contributed by atoms with E-state index in [1.165, 1.54) is 24.3 Å². The van der Waals surface area contributed by atoms with Crippen molar-refractivity contribution in [2.45, 2.75) is 29.1 Å². The Labute approximate surface area is 214 Å². The highest BCUT2D eigenvalue weighted by molar-refractivity contribution is 7.87. The number of hydrogen-bond donors (Lipinski definition) is 2. The summed E-state index contributed by atoms with van der Waals surface area (Å²) in [6.45, 7) is 1.18. The van der Waals surface area contributed by atoms with Crippen LogP contribution in [0.5, 0.6) is 0 Å². The molecule has 0 aliphatic rings. The highest BCUT2D eigenvalue weighted by Gasteiger charge is 2.17. The molecule has 0 amide bonds. The molecule has 0 atom stereocenters. The molecular weight excluding hydrogens is 536 g/mol. The monoisotopic (exact) mass is 564 g/mol. The minimum absolute atomic E-state index is 0.0385. The zero-order valence-corrected chi connectivity index (χ0v) is 21.3. The zero-order valence-electron chi connectivity index (χ0n) is 19.7. The van der Waals surface area contributed by atoms with Gasteiger partial charge in [0.05, 0.1) is 33.6 Å². The van der Waals surface area contributed by atoms with Crippen LogP contribution < -0.4 is 5.48 Å². The number of nitrogens with one attached hydrogen (secondary N) is 1. The van der Waals surface area contributed by atoms with Crippen LogP contribution in [0.3, 0.4) is 0 Å². The molecule has 0 aromatic heterocycles. The van der Waals surface area contributed by atoms with Gasteiger partial charge < -0.3 is 9.47 Å². The van der Waals surface area contributed by atoms with E-state index in [4.69, 9.17) is 23.1 Å². The van der Waals surface area contributed by atoms with Crippen molar-refractivity contribution in [3.05, 3.63) is 58.6 Å². The van der Waals surface area contributed by atoms with Crippen molar-refractivity contribution in [1.29, 1.82) is 0 Å². The Bertz CT molecular complexity index is 1170. The van der Waals surface area contributed by atoms with Gasteiger partial charge in [0.2, 0.25) is 0 Å². The van der Waals surface area contributed by atoms with Crippen molar-refractivity contribution in [3.63, 3.8) is 0 Å². The third-order valence-corrected chi connectivity index (χ3v) is 7.22. The molecule has 2 aromatic carbocycles. The van der Waals surface area contributed by atoms with Gasteiger partial charge in [0.25, 0.3) is 25.9 Å². The molecule has 0 heterocycles. The van der Waals surface area contributed by atoms with Crippen LogP contribution in [0.1, 0.15) is 19.3 Å². The lowest BCUT2D eigenvalue weighted by Crippen LogP contribution is -2.11. The summed E-state index contributed by atoms with van der Waals surface area (Å²) < 4.78 is 68.9.